The minimum atomic E-state index is -0.647. The zero-order chi connectivity index (χ0) is 15.7. The molecular weight excluding hydrogens is 280 g/mol. The van der Waals surface area contributed by atoms with E-state index in [4.69, 9.17) is 9.62 Å². The van der Waals surface area contributed by atoms with Crippen LogP contribution in [-0.2, 0) is 0 Å². The van der Waals surface area contributed by atoms with Gasteiger partial charge in [0.2, 0.25) is 0 Å². The Balaban J connectivity index is 1.99. The summed E-state index contributed by atoms with van der Waals surface area (Å²) < 4.78 is 5.77. The van der Waals surface area contributed by atoms with Gasteiger partial charge in [0.15, 0.2) is 5.58 Å². The van der Waals surface area contributed by atoms with Crippen LogP contribution in [-0.4, -0.2) is 16.1 Å². The van der Waals surface area contributed by atoms with E-state index in [1.807, 2.05) is 12.1 Å². The van der Waals surface area contributed by atoms with E-state index in [9.17, 15) is 4.79 Å². The van der Waals surface area contributed by atoms with E-state index < -0.39 is 5.91 Å². The van der Waals surface area contributed by atoms with Crippen molar-refractivity contribution < 1.29 is 14.4 Å². The van der Waals surface area contributed by atoms with Crippen molar-refractivity contribution in [3.8, 4) is 11.3 Å². The van der Waals surface area contributed by atoms with Crippen LogP contribution in [0.2, 0.25) is 0 Å². The number of furan rings is 1. The van der Waals surface area contributed by atoms with Crippen molar-refractivity contribution in [2.75, 3.05) is 0 Å². The Hall–Kier alpha value is -2.66. The smallest absolute Gasteiger partial charge is 0.293 e. The number of carbonyl (C=O) groups excluding carboxylic acids is 1. The van der Waals surface area contributed by atoms with Crippen LogP contribution < -0.4 is 5.48 Å². The number of aromatic nitrogens is 1. The topological polar surface area (TPSA) is 75.4 Å². The summed E-state index contributed by atoms with van der Waals surface area (Å²) in [6.07, 6.45) is 0. The highest BCUT2D eigenvalue weighted by Crippen LogP contribution is 2.28. The van der Waals surface area contributed by atoms with Gasteiger partial charge >= 0.3 is 0 Å². The van der Waals surface area contributed by atoms with Crippen LogP contribution in [0.15, 0.2) is 46.9 Å². The molecule has 2 heterocycles. The van der Waals surface area contributed by atoms with Gasteiger partial charge in [-0.2, -0.15) is 0 Å². The molecule has 0 fully saturated rings. The Morgan fingerprint density at radius 3 is 2.55 bits per heavy atom. The fourth-order valence-electron chi connectivity index (χ4n) is 2.28. The van der Waals surface area contributed by atoms with Crippen LogP contribution in [0.25, 0.3) is 22.4 Å². The fourth-order valence-corrected chi connectivity index (χ4v) is 2.28. The first kappa shape index (κ1) is 14.3. The molecular formula is C17H16N2O3. The van der Waals surface area contributed by atoms with Crippen LogP contribution in [0.3, 0.4) is 0 Å². The molecule has 2 aromatic heterocycles. The van der Waals surface area contributed by atoms with Gasteiger partial charge in [-0.15, -0.1) is 0 Å². The number of hydrogen-bond donors (Lipinski definition) is 2. The molecule has 0 unspecified atom stereocenters. The van der Waals surface area contributed by atoms with Crippen molar-refractivity contribution in [2.24, 2.45) is 0 Å². The zero-order valence-corrected chi connectivity index (χ0v) is 12.3. The van der Waals surface area contributed by atoms with Crippen LogP contribution >= 0.6 is 0 Å². The number of benzene rings is 1. The quantitative estimate of drug-likeness (QED) is 0.570. The van der Waals surface area contributed by atoms with Crippen LogP contribution in [0.4, 0.5) is 0 Å². The normalized spacial score (nSPS) is 11.1. The van der Waals surface area contributed by atoms with Crippen molar-refractivity contribution in [3.05, 3.63) is 53.7 Å². The molecule has 3 rings (SSSR count). The molecule has 0 radical (unpaired) electrons. The van der Waals surface area contributed by atoms with E-state index in [-0.39, 0.29) is 5.69 Å². The van der Waals surface area contributed by atoms with Gasteiger partial charge < -0.3 is 4.42 Å². The number of hydroxylamine groups is 1. The van der Waals surface area contributed by atoms with E-state index in [0.717, 1.165) is 5.56 Å². The molecule has 5 heteroatoms. The number of nitrogens with one attached hydrogen (secondary N) is 1. The number of amides is 1. The Labute approximate surface area is 127 Å². The van der Waals surface area contributed by atoms with Gasteiger partial charge in [0.05, 0.1) is 0 Å². The van der Waals surface area contributed by atoms with Gasteiger partial charge in [0.1, 0.15) is 17.0 Å². The van der Waals surface area contributed by atoms with Crippen molar-refractivity contribution in [1.82, 2.24) is 10.5 Å². The van der Waals surface area contributed by atoms with Crippen LogP contribution in [0.5, 0.6) is 0 Å². The first-order chi connectivity index (χ1) is 10.6. The molecule has 0 aliphatic rings. The lowest BCUT2D eigenvalue weighted by atomic mass is 10.0. The summed E-state index contributed by atoms with van der Waals surface area (Å²) in [6.45, 7) is 4.29. The van der Waals surface area contributed by atoms with Crippen molar-refractivity contribution in [2.45, 2.75) is 19.8 Å². The molecule has 1 aromatic carbocycles. The van der Waals surface area contributed by atoms with Gasteiger partial charge in [-0.3, -0.25) is 10.0 Å². The second-order valence-corrected chi connectivity index (χ2v) is 5.41. The number of nitrogens with zero attached hydrogens (tertiary/aromatic N) is 1. The summed E-state index contributed by atoms with van der Waals surface area (Å²) in [5, 5.41) is 8.65. The zero-order valence-electron chi connectivity index (χ0n) is 12.3. The lowest BCUT2D eigenvalue weighted by Gasteiger charge is -2.05. The van der Waals surface area contributed by atoms with E-state index in [1.54, 1.807) is 17.6 Å². The molecule has 112 valence electrons. The third-order valence-electron chi connectivity index (χ3n) is 3.57. The van der Waals surface area contributed by atoms with Gasteiger partial charge in [-0.05, 0) is 23.6 Å². The Kier molecular flexibility index (Phi) is 3.65. The second-order valence-electron chi connectivity index (χ2n) is 5.41. The highest BCUT2D eigenvalue weighted by Gasteiger charge is 2.11. The van der Waals surface area contributed by atoms with Crippen LogP contribution in [0, 0.1) is 0 Å². The van der Waals surface area contributed by atoms with E-state index >= 15 is 0 Å². The molecule has 0 spiro atoms. The summed E-state index contributed by atoms with van der Waals surface area (Å²) >= 11 is 0. The van der Waals surface area contributed by atoms with E-state index in [2.05, 4.69) is 31.0 Å². The molecule has 1 amide bonds. The minimum absolute atomic E-state index is 0.137. The maximum atomic E-state index is 11.4. The maximum Gasteiger partial charge on any atom is 0.293 e. The lowest BCUT2D eigenvalue weighted by molar-refractivity contribution is 0.0701. The molecule has 3 aromatic rings. The monoisotopic (exact) mass is 296 g/mol. The molecule has 0 saturated heterocycles. The van der Waals surface area contributed by atoms with Gasteiger partial charge in [0.25, 0.3) is 5.91 Å². The summed E-state index contributed by atoms with van der Waals surface area (Å²) in [4.78, 5) is 15.6. The van der Waals surface area contributed by atoms with Crippen molar-refractivity contribution in [3.63, 3.8) is 0 Å². The molecule has 5 nitrogen and oxygen atoms in total. The number of carbonyl (C=O) groups is 1. The summed E-state index contributed by atoms with van der Waals surface area (Å²) in [5.74, 6) is 0.524. The number of pyridine rings is 1. The third kappa shape index (κ3) is 2.58. The minimum Gasteiger partial charge on any atom is -0.454 e. The SMILES string of the molecule is CC(C)c1ccc(-c2cc3nc(C(=O)NO)ccc3o2)cc1. The summed E-state index contributed by atoms with van der Waals surface area (Å²) in [7, 11) is 0. The third-order valence-corrected chi connectivity index (χ3v) is 3.57. The fraction of sp³-hybridized carbons (Fsp3) is 0.176. The second kappa shape index (κ2) is 5.61. The lowest BCUT2D eigenvalue weighted by Crippen LogP contribution is -2.19. The average molecular weight is 296 g/mol. The highest BCUT2D eigenvalue weighted by atomic mass is 16.5. The number of rotatable bonds is 3. The van der Waals surface area contributed by atoms with Gasteiger partial charge in [-0.1, -0.05) is 38.1 Å². The molecule has 0 aliphatic carbocycles. The molecule has 22 heavy (non-hydrogen) atoms. The first-order valence-corrected chi connectivity index (χ1v) is 7.04. The Morgan fingerprint density at radius 2 is 1.91 bits per heavy atom. The molecule has 0 bridgehead atoms. The average Bonchev–Trinajstić information content (AvgIpc) is 2.97. The molecule has 0 aliphatic heterocycles. The molecule has 2 N–H and O–H groups in total. The first-order valence-electron chi connectivity index (χ1n) is 7.04. The van der Waals surface area contributed by atoms with Gasteiger partial charge in [0, 0.05) is 11.6 Å². The molecule has 0 atom stereocenters. The van der Waals surface area contributed by atoms with Crippen molar-refractivity contribution in [1.29, 1.82) is 0 Å². The number of fused-ring (bicyclic) bond motifs is 1. The van der Waals surface area contributed by atoms with E-state index in [0.29, 0.717) is 22.8 Å². The maximum absolute atomic E-state index is 11.4. The van der Waals surface area contributed by atoms with E-state index in [1.165, 1.54) is 11.6 Å². The van der Waals surface area contributed by atoms with Crippen molar-refractivity contribution >= 4 is 17.0 Å². The Bertz CT molecular complexity index is 820. The number of hydrogen-bond acceptors (Lipinski definition) is 4. The standard InChI is InChI=1S/C17H16N2O3/c1-10(2)11-3-5-12(6-4-11)16-9-14-15(22-16)8-7-13(18-14)17(20)19-21/h3-10,21H,1-2H3,(H,19,20). The molecule has 0 saturated carbocycles. The van der Waals surface area contributed by atoms with Crippen LogP contribution in [0.1, 0.15) is 35.8 Å². The van der Waals surface area contributed by atoms with Gasteiger partial charge in [-0.25, -0.2) is 10.5 Å². The largest absolute Gasteiger partial charge is 0.454 e. The Morgan fingerprint density at radius 1 is 1.18 bits per heavy atom. The summed E-state index contributed by atoms with van der Waals surface area (Å²) in [6, 6.07) is 13.1. The predicted octanol–water partition coefficient (Wildman–Crippen LogP) is 3.74. The highest BCUT2D eigenvalue weighted by molar-refractivity contribution is 5.93. The predicted molar refractivity (Wildman–Crippen MR) is 82.8 cm³/mol. The summed E-state index contributed by atoms with van der Waals surface area (Å²) in [5.41, 5.74) is 5.09.